The molecule has 6 heteroatoms. The van der Waals surface area contributed by atoms with E-state index in [2.05, 4.69) is 16.3 Å². The SMILES string of the molecule is CCc1nnc(N2CCCC2(C)C(=O)O)c(C#N)c1CC. The Morgan fingerprint density at radius 2 is 2.14 bits per heavy atom. The maximum Gasteiger partial charge on any atom is 0.329 e. The topological polar surface area (TPSA) is 90.1 Å². The molecule has 0 saturated carbocycles. The Labute approximate surface area is 124 Å². The maximum absolute atomic E-state index is 11.6. The van der Waals surface area contributed by atoms with Gasteiger partial charge in [0.15, 0.2) is 5.82 Å². The summed E-state index contributed by atoms with van der Waals surface area (Å²) in [6.07, 6.45) is 2.71. The van der Waals surface area contributed by atoms with Crippen molar-refractivity contribution in [1.82, 2.24) is 10.2 Å². The van der Waals surface area contributed by atoms with Crippen LogP contribution in [0.25, 0.3) is 0 Å². The van der Waals surface area contributed by atoms with Gasteiger partial charge in [-0.2, -0.15) is 10.4 Å². The van der Waals surface area contributed by atoms with Gasteiger partial charge >= 0.3 is 5.97 Å². The van der Waals surface area contributed by atoms with Crippen LogP contribution in [0.4, 0.5) is 5.82 Å². The average Bonchev–Trinajstić information content (AvgIpc) is 2.88. The van der Waals surface area contributed by atoms with Gasteiger partial charge in [0, 0.05) is 6.54 Å². The number of carbonyl (C=O) groups is 1. The number of carboxylic acids is 1. The van der Waals surface area contributed by atoms with Crippen LogP contribution in [-0.2, 0) is 17.6 Å². The number of aromatic nitrogens is 2. The third kappa shape index (κ3) is 2.33. The van der Waals surface area contributed by atoms with Crippen molar-refractivity contribution in [2.75, 3.05) is 11.4 Å². The first-order chi connectivity index (χ1) is 9.99. The minimum Gasteiger partial charge on any atom is -0.480 e. The predicted octanol–water partition coefficient (Wildman–Crippen LogP) is 1.92. The molecule has 1 fully saturated rings. The van der Waals surface area contributed by atoms with E-state index in [1.165, 1.54) is 0 Å². The molecule has 112 valence electrons. The summed E-state index contributed by atoms with van der Waals surface area (Å²) in [5.41, 5.74) is 1.15. The van der Waals surface area contributed by atoms with Gasteiger partial charge in [0.2, 0.25) is 0 Å². The summed E-state index contributed by atoms with van der Waals surface area (Å²) in [6.45, 7) is 6.22. The van der Waals surface area contributed by atoms with Crippen molar-refractivity contribution in [3.05, 3.63) is 16.8 Å². The quantitative estimate of drug-likeness (QED) is 0.910. The molecular weight excluding hydrogens is 268 g/mol. The van der Waals surface area contributed by atoms with Gasteiger partial charge in [0.25, 0.3) is 0 Å². The standard InChI is InChI=1S/C15H20N4O2/c1-4-10-11(9-16)13(18-17-12(10)5-2)19-8-6-7-15(19,3)14(20)21/h4-8H2,1-3H3,(H,20,21). The molecule has 1 aliphatic rings. The summed E-state index contributed by atoms with van der Waals surface area (Å²) >= 11 is 0. The molecule has 1 atom stereocenters. The number of carboxylic acid groups (broad SMARTS) is 1. The van der Waals surface area contributed by atoms with Gasteiger partial charge in [-0.25, -0.2) is 4.79 Å². The minimum absolute atomic E-state index is 0.411. The van der Waals surface area contributed by atoms with Gasteiger partial charge in [-0.05, 0) is 38.2 Å². The molecule has 2 heterocycles. The van der Waals surface area contributed by atoms with Crippen molar-refractivity contribution in [2.45, 2.75) is 52.0 Å². The molecule has 1 aromatic heterocycles. The van der Waals surface area contributed by atoms with E-state index in [4.69, 9.17) is 0 Å². The van der Waals surface area contributed by atoms with Gasteiger partial charge < -0.3 is 10.0 Å². The van der Waals surface area contributed by atoms with Crippen LogP contribution in [0.2, 0.25) is 0 Å². The predicted molar refractivity (Wildman–Crippen MR) is 78.1 cm³/mol. The third-order valence-electron chi connectivity index (χ3n) is 4.30. The number of nitrogens with zero attached hydrogens (tertiary/aromatic N) is 4. The zero-order chi connectivity index (χ0) is 15.6. The Balaban J connectivity index is 2.60. The van der Waals surface area contributed by atoms with E-state index >= 15 is 0 Å². The number of hydrogen-bond donors (Lipinski definition) is 1. The van der Waals surface area contributed by atoms with Crippen molar-refractivity contribution in [1.29, 1.82) is 5.26 Å². The molecule has 0 aliphatic carbocycles. The van der Waals surface area contributed by atoms with E-state index in [9.17, 15) is 15.2 Å². The highest BCUT2D eigenvalue weighted by Crippen LogP contribution is 2.35. The molecule has 0 radical (unpaired) electrons. The number of aliphatic carboxylic acids is 1. The van der Waals surface area contributed by atoms with Crippen molar-refractivity contribution in [3.63, 3.8) is 0 Å². The van der Waals surface area contributed by atoms with Crippen LogP contribution in [-0.4, -0.2) is 33.4 Å². The summed E-state index contributed by atoms with van der Waals surface area (Å²) in [6, 6.07) is 2.21. The molecule has 0 bridgehead atoms. The highest BCUT2D eigenvalue weighted by molar-refractivity contribution is 5.84. The Morgan fingerprint density at radius 1 is 1.43 bits per heavy atom. The fraction of sp³-hybridized carbons (Fsp3) is 0.600. The van der Waals surface area contributed by atoms with Gasteiger partial charge in [-0.1, -0.05) is 13.8 Å². The fourth-order valence-corrected chi connectivity index (χ4v) is 2.99. The number of aryl methyl sites for hydroxylation is 1. The molecule has 1 N–H and O–H groups in total. The molecule has 0 spiro atoms. The van der Waals surface area contributed by atoms with Crippen LogP contribution in [0.15, 0.2) is 0 Å². The average molecular weight is 288 g/mol. The van der Waals surface area contributed by atoms with E-state index in [-0.39, 0.29) is 0 Å². The van der Waals surface area contributed by atoms with E-state index in [1.54, 1.807) is 11.8 Å². The van der Waals surface area contributed by atoms with Crippen LogP contribution in [0.3, 0.4) is 0 Å². The van der Waals surface area contributed by atoms with Gasteiger partial charge in [-0.3, -0.25) is 0 Å². The van der Waals surface area contributed by atoms with Crippen molar-refractivity contribution in [3.8, 4) is 6.07 Å². The second-order valence-electron chi connectivity index (χ2n) is 5.48. The van der Waals surface area contributed by atoms with Gasteiger partial charge in [0.05, 0.1) is 5.69 Å². The Morgan fingerprint density at radius 3 is 2.67 bits per heavy atom. The van der Waals surface area contributed by atoms with Crippen LogP contribution in [0, 0.1) is 11.3 Å². The summed E-state index contributed by atoms with van der Waals surface area (Å²) in [4.78, 5) is 13.3. The third-order valence-corrected chi connectivity index (χ3v) is 4.30. The van der Waals surface area contributed by atoms with E-state index in [0.717, 1.165) is 17.7 Å². The van der Waals surface area contributed by atoms with E-state index in [0.29, 0.717) is 37.2 Å². The molecule has 1 aromatic rings. The lowest BCUT2D eigenvalue weighted by Crippen LogP contribution is -2.49. The number of anilines is 1. The van der Waals surface area contributed by atoms with Crippen molar-refractivity contribution in [2.24, 2.45) is 0 Å². The molecule has 1 saturated heterocycles. The number of nitriles is 1. The second kappa shape index (κ2) is 5.68. The normalized spacial score (nSPS) is 21.3. The maximum atomic E-state index is 11.6. The van der Waals surface area contributed by atoms with Crippen LogP contribution in [0.1, 0.15) is 50.4 Å². The highest BCUT2D eigenvalue weighted by atomic mass is 16.4. The fourth-order valence-electron chi connectivity index (χ4n) is 2.99. The summed E-state index contributed by atoms with van der Waals surface area (Å²) in [5.74, 6) is -0.475. The molecule has 21 heavy (non-hydrogen) atoms. The molecular formula is C15H20N4O2. The van der Waals surface area contributed by atoms with Gasteiger partial charge in [-0.15, -0.1) is 5.10 Å². The lowest BCUT2D eigenvalue weighted by atomic mass is 9.97. The van der Waals surface area contributed by atoms with Gasteiger partial charge in [0.1, 0.15) is 17.2 Å². The molecule has 1 unspecified atom stereocenters. The minimum atomic E-state index is -1.01. The summed E-state index contributed by atoms with van der Waals surface area (Å²) in [7, 11) is 0. The number of hydrogen-bond acceptors (Lipinski definition) is 5. The molecule has 6 nitrogen and oxygen atoms in total. The Bertz CT molecular complexity index is 608. The summed E-state index contributed by atoms with van der Waals surface area (Å²) in [5, 5.41) is 27.4. The molecule has 2 rings (SSSR count). The lowest BCUT2D eigenvalue weighted by molar-refractivity contribution is -0.142. The first kappa shape index (κ1) is 15.2. The molecule has 1 aliphatic heterocycles. The largest absolute Gasteiger partial charge is 0.480 e. The van der Waals surface area contributed by atoms with E-state index < -0.39 is 11.5 Å². The molecule has 0 amide bonds. The zero-order valence-corrected chi connectivity index (χ0v) is 12.7. The molecule has 0 aromatic carbocycles. The van der Waals surface area contributed by atoms with Crippen LogP contribution >= 0.6 is 0 Å². The van der Waals surface area contributed by atoms with Crippen molar-refractivity contribution < 1.29 is 9.90 Å². The Kier molecular flexibility index (Phi) is 4.12. The number of rotatable bonds is 4. The first-order valence-corrected chi connectivity index (χ1v) is 7.29. The van der Waals surface area contributed by atoms with Crippen molar-refractivity contribution >= 4 is 11.8 Å². The lowest BCUT2D eigenvalue weighted by Gasteiger charge is -2.32. The second-order valence-corrected chi connectivity index (χ2v) is 5.48. The van der Waals surface area contributed by atoms with E-state index in [1.807, 2.05) is 13.8 Å². The van der Waals surface area contributed by atoms with Crippen LogP contribution in [0.5, 0.6) is 0 Å². The zero-order valence-electron chi connectivity index (χ0n) is 12.7. The highest BCUT2D eigenvalue weighted by Gasteiger charge is 2.45. The monoisotopic (exact) mass is 288 g/mol. The Hall–Kier alpha value is -2.16. The first-order valence-electron chi connectivity index (χ1n) is 7.29. The smallest absolute Gasteiger partial charge is 0.329 e. The van der Waals surface area contributed by atoms with Crippen LogP contribution < -0.4 is 4.90 Å². The summed E-state index contributed by atoms with van der Waals surface area (Å²) < 4.78 is 0.